The molecule has 0 saturated carbocycles. The highest BCUT2D eigenvalue weighted by Crippen LogP contribution is 2.32. The van der Waals surface area contributed by atoms with Crippen molar-refractivity contribution in [3.05, 3.63) is 57.3 Å². The summed E-state index contributed by atoms with van der Waals surface area (Å²) in [5, 5.41) is 20.1. The van der Waals surface area contributed by atoms with Crippen molar-refractivity contribution in [2.24, 2.45) is 0 Å². The van der Waals surface area contributed by atoms with Gasteiger partial charge in [0.25, 0.3) is 0 Å². The summed E-state index contributed by atoms with van der Waals surface area (Å²) >= 11 is 0. The van der Waals surface area contributed by atoms with Crippen molar-refractivity contribution in [2.75, 3.05) is 0 Å². The van der Waals surface area contributed by atoms with Gasteiger partial charge in [-0.05, 0) is 37.6 Å². The Kier molecular flexibility index (Phi) is 3.84. The molecule has 1 N–H and O–H groups in total. The molecule has 1 heterocycles. The SMILES string of the molecule is Cc1ccc(Oc2nc(C)ccc2C(=O)O)c([N+](=O)[O-])c1. The molecule has 0 radical (unpaired) electrons. The van der Waals surface area contributed by atoms with Crippen molar-refractivity contribution in [3.63, 3.8) is 0 Å². The van der Waals surface area contributed by atoms with Gasteiger partial charge in [-0.3, -0.25) is 10.1 Å². The van der Waals surface area contributed by atoms with Crippen LogP contribution in [0.15, 0.2) is 30.3 Å². The van der Waals surface area contributed by atoms with Crippen LogP contribution in [-0.2, 0) is 0 Å². The monoisotopic (exact) mass is 288 g/mol. The molecule has 0 atom stereocenters. The van der Waals surface area contributed by atoms with Crippen LogP contribution in [-0.4, -0.2) is 21.0 Å². The van der Waals surface area contributed by atoms with Crippen LogP contribution in [0.4, 0.5) is 5.69 Å². The smallest absolute Gasteiger partial charge is 0.341 e. The highest BCUT2D eigenvalue weighted by molar-refractivity contribution is 5.90. The number of rotatable bonds is 4. The second kappa shape index (κ2) is 5.58. The van der Waals surface area contributed by atoms with Gasteiger partial charge in [0.2, 0.25) is 11.6 Å². The molecule has 0 amide bonds. The summed E-state index contributed by atoms with van der Waals surface area (Å²) in [6, 6.07) is 7.28. The van der Waals surface area contributed by atoms with Gasteiger partial charge in [0.05, 0.1) is 4.92 Å². The Morgan fingerprint density at radius 1 is 1.29 bits per heavy atom. The van der Waals surface area contributed by atoms with Crippen LogP contribution in [0, 0.1) is 24.0 Å². The average Bonchev–Trinajstić information content (AvgIpc) is 2.40. The van der Waals surface area contributed by atoms with Crippen molar-refractivity contribution >= 4 is 11.7 Å². The first-order valence-corrected chi connectivity index (χ1v) is 6.02. The van der Waals surface area contributed by atoms with Crippen LogP contribution in [0.3, 0.4) is 0 Å². The van der Waals surface area contributed by atoms with Crippen molar-refractivity contribution in [2.45, 2.75) is 13.8 Å². The lowest BCUT2D eigenvalue weighted by Crippen LogP contribution is -2.04. The number of aryl methyl sites for hydroxylation is 2. The molecule has 0 saturated heterocycles. The molecule has 2 rings (SSSR count). The lowest BCUT2D eigenvalue weighted by Gasteiger charge is -2.09. The van der Waals surface area contributed by atoms with E-state index in [0.29, 0.717) is 11.3 Å². The first-order chi connectivity index (χ1) is 9.88. The molecule has 21 heavy (non-hydrogen) atoms. The molecule has 2 aromatic rings. The van der Waals surface area contributed by atoms with Gasteiger partial charge >= 0.3 is 11.7 Å². The molecule has 7 heteroatoms. The second-order valence-electron chi connectivity index (χ2n) is 4.44. The molecule has 0 aliphatic rings. The molecule has 0 unspecified atom stereocenters. The fourth-order valence-electron chi connectivity index (χ4n) is 1.73. The third-order valence-corrected chi connectivity index (χ3v) is 2.75. The summed E-state index contributed by atoms with van der Waals surface area (Å²) in [5.74, 6) is -1.44. The predicted octanol–water partition coefficient (Wildman–Crippen LogP) is 3.10. The maximum atomic E-state index is 11.1. The number of benzene rings is 1. The minimum absolute atomic E-state index is 0.0498. The number of carbonyl (C=O) groups is 1. The summed E-state index contributed by atoms with van der Waals surface area (Å²) in [6.45, 7) is 3.38. The minimum Gasteiger partial charge on any atom is -0.477 e. The van der Waals surface area contributed by atoms with Crippen LogP contribution >= 0.6 is 0 Å². The number of ether oxygens (including phenoxy) is 1. The molecule has 0 aliphatic heterocycles. The average molecular weight is 288 g/mol. The Morgan fingerprint density at radius 3 is 2.62 bits per heavy atom. The first-order valence-electron chi connectivity index (χ1n) is 6.02. The number of hydrogen-bond donors (Lipinski definition) is 1. The summed E-state index contributed by atoms with van der Waals surface area (Å²) < 4.78 is 5.37. The molecular weight excluding hydrogens is 276 g/mol. The van der Waals surface area contributed by atoms with E-state index in [9.17, 15) is 14.9 Å². The zero-order valence-electron chi connectivity index (χ0n) is 11.4. The van der Waals surface area contributed by atoms with Crippen molar-refractivity contribution in [1.29, 1.82) is 0 Å². The first kappa shape index (κ1) is 14.4. The lowest BCUT2D eigenvalue weighted by molar-refractivity contribution is -0.385. The van der Waals surface area contributed by atoms with Gasteiger partial charge in [0.15, 0.2) is 0 Å². The number of aromatic carboxylic acids is 1. The second-order valence-corrected chi connectivity index (χ2v) is 4.44. The molecule has 0 bridgehead atoms. The number of nitro benzene ring substituents is 1. The zero-order chi connectivity index (χ0) is 15.6. The quantitative estimate of drug-likeness (QED) is 0.685. The predicted molar refractivity (Wildman–Crippen MR) is 73.8 cm³/mol. The van der Waals surface area contributed by atoms with E-state index in [4.69, 9.17) is 9.84 Å². The summed E-state index contributed by atoms with van der Waals surface area (Å²) in [5.41, 5.74) is 0.847. The number of carboxylic acid groups (broad SMARTS) is 1. The molecule has 7 nitrogen and oxygen atoms in total. The fourth-order valence-corrected chi connectivity index (χ4v) is 1.73. The van der Waals surface area contributed by atoms with Crippen molar-refractivity contribution in [3.8, 4) is 11.6 Å². The molecular formula is C14H12N2O5. The maximum absolute atomic E-state index is 11.1. The fraction of sp³-hybridized carbons (Fsp3) is 0.143. The molecule has 0 aliphatic carbocycles. The van der Waals surface area contributed by atoms with E-state index in [1.54, 1.807) is 19.9 Å². The maximum Gasteiger partial charge on any atom is 0.341 e. The largest absolute Gasteiger partial charge is 0.477 e. The van der Waals surface area contributed by atoms with E-state index >= 15 is 0 Å². The number of nitro groups is 1. The van der Waals surface area contributed by atoms with E-state index in [0.717, 1.165) is 0 Å². The summed E-state index contributed by atoms with van der Waals surface area (Å²) in [6.07, 6.45) is 0. The number of carboxylic acids is 1. The number of nitrogens with zero attached hydrogens (tertiary/aromatic N) is 2. The lowest BCUT2D eigenvalue weighted by atomic mass is 10.2. The van der Waals surface area contributed by atoms with Crippen LogP contribution in [0.25, 0.3) is 0 Å². The molecule has 0 spiro atoms. The molecule has 108 valence electrons. The van der Waals surface area contributed by atoms with Gasteiger partial charge < -0.3 is 9.84 Å². The van der Waals surface area contributed by atoms with Gasteiger partial charge in [0, 0.05) is 11.8 Å². The molecule has 0 fully saturated rings. The van der Waals surface area contributed by atoms with Gasteiger partial charge in [0.1, 0.15) is 5.56 Å². The standard InChI is InChI=1S/C14H12N2O5/c1-8-3-6-12(11(7-8)16(19)20)21-13-10(14(17)18)5-4-9(2)15-13/h3-7H,1-2H3,(H,17,18). The third kappa shape index (κ3) is 3.14. The summed E-state index contributed by atoms with van der Waals surface area (Å²) in [7, 11) is 0. The van der Waals surface area contributed by atoms with E-state index in [2.05, 4.69) is 4.98 Å². The Balaban J connectivity index is 2.50. The van der Waals surface area contributed by atoms with Crippen LogP contribution < -0.4 is 4.74 Å². The minimum atomic E-state index is -1.22. The van der Waals surface area contributed by atoms with Crippen LogP contribution in [0.2, 0.25) is 0 Å². The third-order valence-electron chi connectivity index (χ3n) is 2.75. The van der Waals surface area contributed by atoms with Crippen molar-refractivity contribution in [1.82, 2.24) is 4.98 Å². The van der Waals surface area contributed by atoms with E-state index in [1.165, 1.54) is 24.3 Å². The Bertz CT molecular complexity index is 727. The highest BCUT2D eigenvalue weighted by atomic mass is 16.6. The topological polar surface area (TPSA) is 103 Å². The zero-order valence-corrected chi connectivity index (χ0v) is 11.4. The van der Waals surface area contributed by atoms with Gasteiger partial charge in [-0.25, -0.2) is 9.78 Å². The Hall–Kier alpha value is -2.96. The number of hydrogen-bond acceptors (Lipinski definition) is 5. The Labute approximate surface area is 120 Å². The Morgan fingerprint density at radius 2 is 2.00 bits per heavy atom. The van der Waals surface area contributed by atoms with Crippen LogP contribution in [0.1, 0.15) is 21.6 Å². The van der Waals surface area contributed by atoms with Gasteiger partial charge in [-0.15, -0.1) is 0 Å². The van der Waals surface area contributed by atoms with E-state index in [-0.39, 0.29) is 22.9 Å². The number of aromatic nitrogens is 1. The van der Waals surface area contributed by atoms with Gasteiger partial charge in [-0.2, -0.15) is 0 Å². The van der Waals surface area contributed by atoms with E-state index < -0.39 is 10.9 Å². The van der Waals surface area contributed by atoms with E-state index in [1.807, 2.05) is 0 Å². The van der Waals surface area contributed by atoms with Crippen LogP contribution in [0.5, 0.6) is 11.6 Å². The number of pyridine rings is 1. The summed E-state index contributed by atoms with van der Waals surface area (Å²) in [4.78, 5) is 25.6. The van der Waals surface area contributed by atoms with Gasteiger partial charge in [-0.1, -0.05) is 6.07 Å². The highest BCUT2D eigenvalue weighted by Gasteiger charge is 2.20. The van der Waals surface area contributed by atoms with Crippen molar-refractivity contribution < 1.29 is 19.6 Å². The molecule has 1 aromatic carbocycles. The molecule has 1 aromatic heterocycles. The normalized spacial score (nSPS) is 10.2.